The van der Waals surface area contributed by atoms with E-state index in [-0.39, 0.29) is 11.7 Å². The van der Waals surface area contributed by atoms with Crippen LogP contribution < -0.4 is 14.8 Å². The molecule has 1 fully saturated rings. The summed E-state index contributed by atoms with van der Waals surface area (Å²) in [7, 11) is 3.15. The molecule has 7 nitrogen and oxygen atoms in total. The molecule has 0 atom stereocenters. The molecule has 1 N–H and O–H groups in total. The van der Waals surface area contributed by atoms with Crippen molar-refractivity contribution in [2.45, 2.75) is 31.0 Å². The minimum atomic E-state index is -0.113. The lowest BCUT2D eigenvalue weighted by atomic mass is 10.2. The van der Waals surface area contributed by atoms with Gasteiger partial charge < -0.3 is 19.4 Å². The van der Waals surface area contributed by atoms with Gasteiger partial charge in [0.25, 0.3) is 0 Å². The van der Waals surface area contributed by atoms with Gasteiger partial charge in [-0.2, -0.15) is 0 Å². The van der Waals surface area contributed by atoms with E-state index in [1.165, 1.54) is 11.8 Å². The molecule has 1 saturated carbocycles. The molecule has 0 spiro atoms. The maximum absolute atomic E-state index is 12.2. The van der Waals surface area contributed by atoms with E-state index in [9.17, 15) is 4.79 Å². The second-order valence-corrected chi connectivity index (χ2v) is 6.51. The van der Waals surface area contributed by atoms with Gasteiger partial charge in [-0.25, -0.2) is 0 Å². The van der Waals surface area contributed by atoms with Crippen molar-refractivity contribution in [1.82, 2.24) is 14.8 Å². The Morgan fingerprint density at radius 2 is 1.92 bits per heavy atom. The molecule has 0 aliphatic heterocycles. The third-order valence-electron chi connectivity index (χ3n) is 3.71. The monoisotopic (exact) mass is 348 g/mol. The van der Waals surface area contributed by atoms with Crippen LogP contribution in [0.1, 0.15) is 24.7 Å². The number of nitrogens with zero attached hydrogens (tertiary/aromatic N) is 3. The smallest absolute Gasteiger partial charge is 0.234 e. The zero-order chi connectivity index (χ0) is 17.1. The van der Waals surface area contributed by atoms with E-state index in [0.717, 1.165) is 23.8 Å². The number of aromatic nitrogens is 3. The average Bonchev–Trinajstić information content (AvgIpc) is 3.35. The highest BCUT2D eigenvalue weighted by atomic mass is 32.2. The number of aryl methyl sites for hydroxylation is 1. The van der Waals surface area contributed by atoms with Gasteiger partial charge in [-0.05, 0) is 19.8 Å². The second-order valence-electron chi connectivity index (χ2n) is 5.57. The standard InChI is InChI=1S/C16H20N4O3S/c1-10-18-19-16(20(10)12-4-5-12)24-9-15(21)17-11-6-13(22-2)8-14(7-11)23-3/h6-8,12H,4-5,9H2,1-3H3,(H,17,21). The van der Waals surface area contributed by atoms with Gasteiger partial charge in [0, 0.05) is 29.9 Å². The van der Waals surface area contributed by atoms with Gasteiger partial charge >= 0.3 is 0 Å². The molecule has 1 heterocycles. The number of ether oxygens (including phenoxy) is 2. The number of methoxy groups -OCH3 is 2. The van der Waals surface area contributed by atoms with Gasteiger partial charge in [0.15, 0.2) is 5.16 Å². The third kappa shape index (κ3) is 3.81. The second kappa shape index (κ2) is 7.12. The molecular weight excluding hydrogens is 328 g/mol. The summed E-state index contributed by atoms with van der Waals surface area (Å²) in [5, 5.41) is 11.9. The quantitative estimate of drug-likeness (QED) is 0.775. The molecule has 1 aromatic carbocycles. The van der Waals surface area contributed by atoms with Crippen LogP contribution in [0.5, 0.6) is 11.5 Å². The highest BCUT2D eigenvalue weighted by molar-refractivity contribution is 7.99. The molecule has 1 aliphatic carbocycles. The van der Waals surface area contributed by atoms with Crippen molar-refractivity contribution >= 4 is 23.4 Å². The predicted molar refractivity (Wildman–Crippen MR) is 91.9 cm³/mol. The Morgan fingerprint density at radius 1 is 1.25 bits per heavy atom. The summed E-state index contributed by atoms with van der Waals surface area (Å²) in [5.41, 5.74) is 0.636. The van der Waals surface area contributed by atoms with Crippen molar-refractivity contribution in [3.8, 4) is 11.5 Å². The zero-order valence-corrected chi connectivity index (χ0v) is 14.7. The Hall–Kier alpha value is -2.22. The van der Waals surface area contributed by atoms with Gasteiger partial charge in [-0.3, -0.25) is 4.79 Å². The fraction of sp³-hybridized carbons (Fsp3) is 0.438. The van der Waals surface area contributed by atoms with Crippen LogP contribution in [0, 0.1) is 6.92 Å². The van der Waals surface area contributed by atoms with E-state index < -0.39 is 0 Å². The SMILES string of the molecule is COc1cc(NC(=O)CSc2nnc(C)n2C2CC2)cc(OC)c1. The van der Waals surface area contributed by atoms with E-state index in [0.29, 0.717) is 23.2 Å². The predicted octanol–water partition coefficient (Wildman–Crippen LogP) is 2.67. The van der Waals surface area contributed by atoms with Crippen LogP contribution in [0.25, 0.3) is 0 Å². The summed E-state index contributed by atoms with van der Waals surface area (Å²) >= 11 is 1.40. The van der Waals surface area contributed by atoms with Gasteiger partial charge in [-0.1, -0.05) is 11.8 Å². The van der Waals surface area contributed by atoms with E-state index in [4.69, 9.17) is 9.47 Å². The number of rotatable bonds is 7. The van der Waals surface area contributed by atoms with E-state index in [1.807, 2.05) is 6.92 Å². The summed E-state index contributed by atoms with van der Waals surface area (Å²) in [4.78, 5) is 12.2. The number of hydrogen-bond acceptors (Lipinski definition) is 6. The molecule has 24 heavy (non-hydrogen) atoms. The van der Waals surface area contributed by atoms with Crippen LogP contribution in [0.2, 0.25) is 0 Å². The van der Waals surface area contributed by atoms with Crippen LogP contribution in [-0.4, -0.2) is 40.6 Å². The first-order chi connectivity index (χ1) is 11.6. The van der Waals surface area contributed by atoms with Gasteiger partial charge in [0.1, 0.15) is 17.3 Å². The number of carbonyl (C=O) groups is 1. The maximum atomic E-state index is 12.2. The lowest BCUT2D eigenvalue weighted by molar-refractivity contribution is -0.113. The molecule has 8 heteroatoms. The van der Waals surface area contributed by atoms with Crippen LogP contribution in [0.3, 0.4) is 0 Å². The summed E-state index contributed by atoms with van der Waals surface area (Å²) in [6, 6.07) is 5.75. The van der Waals surface area contributed by atoms with E-state index in [1.54, 1.807) is 32.4 Å². The molecule has 0 bridgehead atoms. The van der Waals surface area contributed by atoms with Gasteiger partial charge in [-0.15, -0.1) is 10.2 Å². The highest BCUT2D eigenvalue weighted by Crippen LogP contribution is 2.38. The first kappa shape index (κ1) is 16.6. The minimum absolute atomic E-state index is 0.113. The van der Waals surface area contributed by atoms with E-state index >= 15 is 0 Å². The molecule has 0 radical (unpaired) electrons. The molecule has 0 unspecified atom stereocenters. The zero-order valence-electron chi connectivity index (χ0n) is 13.9. The lowest BCUT2D eigenvalue weighted by Gasteiger charge is -2.10. The fourth-order valence-electron chi connectivity index (χ4n) is 2.41. The molecule has 0 saturated heterocycles. The van der Waals surface area contributed by atoms with Crippen molar-refractivity contribution in [1.29, 1.82) is 0 Å². The number of amides is 1. The summed E-state index contributed by atoms with van der Waals surface area (Å²) < 4.78 is 12.5. The van der Waals surface area contributed by atoms with Crippen molar-refractivity contribution < 1.29 is 14.3 Å². The maximum Gasteiger partial charge on any atom is 0.234 e. The molecule has 1 aromatic heterocycles. The number of carbonyl (C=O) groups excluding carboxylic acids is 1. The van der Waals surface area contributed by atoms with Crippen LogP contribution >= 0.6 is 11.8 Å². The van der Waals surface area contributed by atoms with Crippen LogP contribution in [-0.2, 0) is 4.79 Å². The largest absolute Gasteiger partial charge is 0.497 e. The first-order valence-electron chi connectivity index (χ1n) is 7.68. The third-order valence-corrected chi connectivity index (χ3v) is 4.66. The summed E-state index contributed by atoms with van der Waals surface area (Å²) in [5.74, 6) is 2.31. The van der Waals surface area contributed by atoms with Crippen LogP contribution in [0.15, 0.2) is 23.4 Å². The lowest BCUT2D eigenvalue weighted by Crippen LogP contribution is -2.14. The topological polar surface area (TPSA) is 78.3 Å². The number of hydrogen-bond donors (Lipinski definition) is 1. The first-order valence-corrected chi connectivity index (χ1v) is 8.66. The van der Waals surface area contributed by atoms with Gasteiger partial charge in [0.05, 0.1) is 20.0 Å². The Bertz CT molecular complexity index is 721. The number of anilines is 1. The molecule has 3 rings (SSSR count). The highest BCUT2D eigenvalue weighted by Gasteiger charge is 2.28. The summed E-state index contributed by atoms with van der Waals surface area (Å²) in [6.07, 6.45) is 2.31. The normalized spacial score (nSPS) is 13.6. The molecule has 128 valence electrons. The summed E-state index contributed by atoms with van der Waals surface area (Å²) in [6.45, 7) is 1.94. The fourth-order valence-corrected chi connectivity index (χ4v) is 3.26. The Kier molecular flexibility index (Phi) is 4.94. The minimum Gasteiger partial charge on any atom is -0.497 e. The molecule has 1 amide bonds. The Morgan fingerprint density at radius 3 is 2.50 bits per heavy atom. The van der Waals surface area contributed by atoms with E-state index in [2.05, 4.69) is 20.1 Å². The number of thioether (sulfide) groups is 1. The Labute approximate surface area is 144 Å². The molecule has 2 aromatic rings. The van der Waals surface area contributed by atoms with Gasteiger partial charge in [0.2, 0.25) is 5.91 Å². The van der Waals surface area contributed by atoms with Crippen molar-refractivity contribution in [3.05, 3.63) is 24.0 Å². The average molecular weight is 348 g/mol. The Balaban J connectivity index is 1.62. The van der Waals surface area contributed by atoms with Crippen molar-refractivity contribution in [2.75, 3.05) is 25.3 Å². The number of benzene rings is 1. The van der Waals surface area contributed by atoms with Crippen LogP contribution in [0.4, 0.5) is 5.69 Å². The van der Waals surface area contributed by atoms with Crippen molar-refractivity contribution in [2.24, 2.45) is 0 Å². The molecule has 1 aliphatic rings. The number of nitrogens with one attached hydrogen (secondary N) is 1. The molecular formula is C16H20N4O3S. The van der Waals surface area contributed by atoms with Crippen molar-refractivity contribution in [3.63, 3.8) is 0 Å².